The van der Waals surface area contributed by atoms with Crippen LogP contribution in [0, 0.1) is 13.8 Å². The Morgan fingerprint density at radius 2 is 1.76 bits per heavy atom. The molecule has 1 aliphatic heterocycles. The van der Waals surface area contributed by atoms with E-state index in [1.165, 1.54) is 14.0 Å². The van der Waals surface area contributed by atoms with Gasteiger partial charge in [0.1, 0.15) is 17.2 Å². The number of amides is 1. The Morgan fingerprint density at radius 3 is 2.49 bits per heavy atom. The second-order valence-electron chi connectivity index (χ2n) is 10.0. The van der Waals surface area contributed by atoms with Crippen LogP contribution in [-0.4, -0.2) is 35.5 Å². The fourth-order valence-corrected chi connectivity index (χ4v) is 6.14. The van der Waals surface area contributed by atoms with Gasteiger partial charge in [-0.25, -0.2) is 9.67 Å². The van der Waals surface area contributed by atoms with Gasteiger partial charge in [0, 0.05) is 19.8 Å². The molecule has 212 valence electrons. The third-order valence-electron chi connectivity index (χ3n) is 7.14. The van der Waals surface area contributed by atoms with E-state index >= 15 is 0 Å². The van der Waals surface area contributed by atoms with Gasteiger partial charge < -0.3 is 5.32 Å². The zero-order valence-electron chi connectivity index (χ0n) is 23.5. The summed E-state index contributed by atoms with van der Waals surface area (Å²) in [5.74, 6) is -0.0309. The van der Waals surface area contributed by atoms with Gasteiger partial charge in [-0.2, -0.15) is 0 Å². The Kier molecular flexibility index (Phi) is 8.27. The van der Waals surface area contributed by atoms with E-state index in [2.05, 4.69) is 12.2 Å². The van der Waals surface area contributed by atoms with E-state index in [0.717, 1.165) is 43.0 Å². The summed E-state index contributed by atoms with van der Waals surface area (Å²) in [4.78, 5) is 47.4. The summed E-state index contributed by atoms with van der Waals surface area (Å²) in [5, 5.41) is 3.32. The molecule has 4 heterocycles. The van der Waals surface area contributed by atoms with Crippen LogP contribution in [0.3, 0.4) is 0 Å². The SMILES string of the molecule is CCCCCCNc1nc2ccc(C)cn2c(=O)c1/C=C1/SC(=S)N(c2c(C)n(C)n(-c3ccccc3)c2=O)C1=O. The molecule has 3 aromatic heterocycles. The third kappa shape index (κ3) is 5.39. The van der Waals surface area contributed by atoms with Crippen molar-refractivity contribution in [1.82, 2.24) is 18.7 Å². The van der Waals surface area contributed by atoms with Gasteiger partial charge in [-0.05, 0) is 50.1 Å². The average Bonchev–Trinajstić information content (AvgIpc) is 3.35. The number of carbonyl (C=O) groups is 1. The highest BCUT2D eigenvalue weighted by atomic mass is 32.2. The van der Waals surface area contributed by atoms with E-state index in [1.807, 2.05) is 43.3 Å². The van der Waals surface area contributed by atoms with Crippen LogP contribution in [0.25, 0.3) is 17.4 Å². The van der Waals surface area contributed by atoms with Gasteiger partial charge in [0.25, 0.3) is 17.0 Å². The van der Waals surface area contributed by atoms with Crippen LogP contribution in [0.5, 0.6) is 0 Å². The Hall–Kier alpha value is -3.96. The molecule has 1 amide bonds. The first-order valence-corrected chi connectivity index (χ1v) is 14.8. The number of nitrogens with zero attached hydrogens (tertiary/aromatic N) is 5. The number of anilines is 2. The largest absolute Gasteiger partial charge is 0.369 e. The number of thiocarbonyl (C=S) groups is 1. The highest BCUT2D eigenvalue weighted by Gasteiger charge is 2.38. The van der Waals surface area contributed by atoms with Gasteiger partial charge in [0.2, 0.25) is 0 Å². The average molecular weight is 589 g/mol. The number of hydrogen-bond acceptors (Lipinski definition) is 7. The van der Waals surface area contributed by atoms with E-state index in [4.69, 9.17) is 17.2 Å². The highest BCUT2D eigenvalue weighted by Crippen LogP contribution is 2.36. The molecule has 0 spiro atoms. The number of carbonyl (C=O) groups excluding carboxylic acids is 1. The molecule has 0 radical (unpaired) electrons. The van der Waals surface area contributed by atoms with Gasteiger partial charge >= 0.3 is 0 Å². The van der Waals surface area contributed by atoms with E-state index < -0.39 is 5.91 Å². The zero-order chi connectivity index (χ0) is 29.3. The van der Waals surface area contributed by atoms with Crippen LogP contribution in [0.1, 0.15) is 49.4 Å². The van der Waals surface area contributed by atoms with Crippen molar-refractivity contribution in [2.75, 3.05) is 16.8 Å². The molecule has 0 aliphatic carbocycles. The Balaban J connectivity index is 1.56. The molecule has 0 saturated carbocycles. The molecule has 1 aromatic carbocycles. The fraction of sp³-hybridized carbons (Fsp3) is 0.300. The van der Waals surface area contributed by atoms with Crippen molar-refractivity contribution in [1.29, 1.82) is 0 Å². The van der Waals surface area contributed by atoms with Crippen molar-refractivity contribution < 1.29 is 4.79 Å². The van der Waals surface area contributed by atoms with Gasteiger partial charge in [-0.1, -0.05) is 74.4 Å². The summed E-state index contributed by atoms with van der Waals surface area (Å²) in [6.07, 6.45) is 7.54. The topological polar surface area (TPSA) is 93.6 Å². The molecule has 1 N–H and O–H groups in total. The van der Waals surface area contributed by atoms with Crippen molar-refractivity contribution >= 4 is 57.4 Å². The lowest BCUT2D eigenvalue weighted by Crippen LogP contribution is -2.33. The molecular formula is C30H32N6O3S2. The lowest BCUT2D eigenvalue weighted by atomic mass is 10.2. The minimum atomic E-state index is -0.450. The van der Waals surface area contributed by atoms with Crippen molar-refractivity contribution in [3.8, 4) is 5.69 Å². The predicted molar refractivity (Wildman–Crippen MR) is 170 cm³/mol. The third-order valence-corrected chi connectivity index (χ3v) is 8.45. The van der Waals surface area contributed by atoms with E-state index in [-0.39, 0.29) is 31.6 Å². The number of fused-ring (bicyclic) bond motifs is 1. The van der Waals surface area contributed by atoms with Crippen LogP contribution in [-0.2, 0) is 11.8 Å². The van der Waals surface area contributed by atoms with Gasteiger partial charge in [-0.3, -0.25) is 28.4 Å². The molecule has 41 heavy (non-hydrogen) atoms. The molecule has 0 unspecified atom stereocenters. The Bertz CT molecular complexity index is 1800. The molecule has 1 aliphatic rings. The minimum Gasteiger partial charge on any atom is -0.369 e. The van der Waals surface area contributed by atoms with Crippen molar-refractivity contribution in [3.63, 3.8) is 0 Å². The van der Waals surface area contributed by atoms with E-state index in [1.54, 1.807) is 37.0 Å². The molecule has 0 bridgehead atoms. The standard InChI is InChI=1S/C30H32N6O3S2/c1-5-6-7-11-16-31-26-22(27(37)34-18-19(2)14-15-24(34)32-26)17-23-28(38)35(30(40)41-23)25-20(3)33(4)36(29(25)39)21-12-9-8-10-13-21/h8-10,12-15,17-18,31H,5-7,11,16H2,1-4H3/b23-17+. The first-order chi connectivity index (χ1) is 19.7. The van der Waals surface area contributed by atoms with Crippen molar-refractivity contribution in [2.24, 2.45) is 7.05 Å². The first-order valence-electron chi connectivity index (χ1n) is 13.6. The maximum Gasteiger partial charge on any atom is 0.296 e. The maximum absolute atomic E-state index is 13.8. The van der Waals surface area contributed by atoms with Crippen LogP contribution < -0.4 is 21.3 Å². The second-order valence-corrected chi connectivity index (χ2v) is 11.7. The predicted octanol–water partition coefficient (Wildman–Crippen LogP) is 5.20. The molecule has 4 aromatic rings. The number of thioether (sulfide) groups is 1. The summed E-state index contributed by atoms with van der Waals surface area (Å²) in [6, 6.07) is 12.9. The number of nitrogens with one attached hydrogen (secondary N) is 1. The van der Waals surface area contributed by atoms with Crippen molar-refractivity contribution in [2.45, 2.75) is 46.5 Å². The molecule has 5 rings (SSSR count). The second kappa shape index (κ2) is 11.9. The van der Waals surface area contributed by atoms with E-state index in [9.17, 15) is 14.4 Å². The summed E-state index contributed by atoms with van der Waals surface area (Å²) in [6.45, 7) is 6.49. The molecule has 11 heteroatoms. The Labute approximate surface area is 247 Å². The molecule has 9 nitrogen and oxygen atoms in total. The van der Waals surface area contributed by atoms with Crippen molar-refractivity contribution in [3.05, 3.63) is 91.1 Å². The summed E-state index contributed by atoms with van der Waals surface area (Å²) in [7, 11) is 1.77. The maximum atomic E-state index is 13.8. The van der Waals surface area contributed by atoms with E-state index in [0.29, 0.717) is 29.4 Å². The van der Waals surface area contributed by atoms with Gasteiger partial charge in [-0.15, -0.1) is 0 Å². The lowest BCUT2D eigenvalue weighted by molar-refractivity contribution is -0.113. The minimum absolute atomic E-state index is 0.195. The number of para-hydroxylation sites is 1. The number of aromatic nitrogens is 4. The number of pyridine rings is 1. The van der Waals surface area contributed by atoms with Gasteiger partial charge in [0.15, 0.2) is 4.32 Å². The lowest BCUT2D eigenvalue weighted by Gasteiger charge is -2.13. The normalized spacial score (nSPS) is 14.5. The summed E-state index contributed by atoms with van der Waals surface area (Å²) < 4.78 is 4.93. The number of hydrogen-bond donors (Lipinski definition) is 1. The summed E-state index contributed by atoms with van der Waals surface area (Å²) in [5.41, 5.74) is 2.52. The van der Waals surface area contributed by atoms with Crippen LogP contribution in [0.2, 0.25) is 0 Å². The molecular weight excluding hydrogens is 557 g/mol. The quantitative estimate of drug-likeness (QED) is 0.163. The van der Waals surface area contributed by atoms with Crippen LogP contribution >= 0.6 is 24.0 Å². The number of aryl methyl sites for hydroxylation is 1. The monoisotopic (exact) mass is 588 g/mol. The Morgan fingerprint density at radius 1 is 1.00 bits per heavy atom. The smallest absolute Gasteiger partial charge is 0.296 e. The molecule has 0 atom stereocenters. The fourth-order valence-electron chi connectivity index (χ4n) is 4.89. The number of benzene rings is 1. The molecule has 1 fully saturated rings. The number of unbranched alkanes of at least 4 members (excludes halogenated alkanes) is 3. The van der Waals surface area contributed by atoms with Gasteiger partial charge in [0.05, 0.1) is 21.8 Å². The summed E-state index contributed by atoms with van der Waals surface area (Å²) >= 11 is 6.68. The molecule has 1 saturated heterocycles. The number of rotatable bonds is 9. The van der Waals surface area contributed by atoms with Crippen LogP contribution in [0.4, 0.5) is 11.5 Å². The van der Waals surface area contributed by atoms with Crippen LogP contribution in [0.15, 0.2) is 63.2 Å². The first kappa shape index (κ1) is 28.6. The zero-order valence-corrected chi connectivity index (χ0v) is 25.1. The highest BCUT2D eigenvalue weighted by molar-refractivity contribution is 8.27.